The Morgan fingerprint density at radius 3 is 2.58 bits per heavy atom. The number of H-pyrrole nitrogens is 1. The fourth-order valence-electron chi connectivity index (χ4n) is 5.99. The minimum absolute atomic E-state index is 0.117. The largest absolute Gasteiger partial charge is 0.377 e. The van der Waals surface area contributed by atoms with Crippen molar-refractivity contribution in [1.29, 1.82) is 0 Å². The van der Waals surface area contributed by atoms with E-state index in [4.69, 9.17) is 4.74 Å². The van der Waals surface area contributed by atoms with E-state index in [1.54, 1.807) is 6.07 Å². The lowest BCUT2D eigenvalue weighted by Crippen LogP contribution is -2.43. The Labute approximate surface area is 185 Å². The Hall–Kier alpha value is -1.69. The molecule has 2 aliphatic heterocycles. The van der Waals surface area contributed by atoms with E-state index in [0.29, 0.717) is 6.10 Å². The van der Waals surface area contributed by atoms with Gasteiger partial charge in [0.2, 0.25) is 0 Å². The van der Waals surface area contributed by atoms with Crippen LogP contribution < -0.4 is 5.43 Å². The Balaban J connectivity index is 1.25. The number of aromatic amines is 1. The van der Waals surface area contributed by atoms with Gasteiger partial charge in [0, 0.05) is 54.9 Å². The summed E-state index contributed by atoms with van der Waals surface area (Å²) in [5.41, 5.74) is 2.07. The molecule has 2 aromatic rings. The van der Waals surface area contributed by atoms with Crippen molar-refractivity contribution in [2.45, 2.75) is 70.1 Å². The molecule has 1 aliphatic carbocycles. The molecule has 0 bridgehead atoms. The average Bonchev–Trinajstić information content (AvgIpc) is 3.49. The van der Waals surface area contributed by atoms with Crippen molar-refractivity contribution >= 4 is 10.9 Å². The van der Waals surface area contributed by atoms with Crippen LogP contribution >= 0.6 is 0 Å². The first kappa shape index (κ1) is 21.2. The number of hydrogen-bond acceptors (Lipinski definition) is 4. The summed E-state index contributed by atoms with van der Waals surface area (Å²) < 4.78 is 5.97. The molecule has 168 valence electrons. The quantitative estimate of drug-likeness (QED) is 0.726. The monoisotopic (exact) mass is 423 g/mol. The van der Waals surface area contributed by atoms with E-state index < -0.39 is 0 Å². The molecule has 1 saturated carbocycles. The van der Waals surface area contributed by atoms with Crippen LogP contribution in [0.2, 0.25) is 0 Å². The summed E-state index contributed by atoms with van der Waals surface area (Å²) >= 11 is 0. The highest BCUT2D eigenvalue weighted by Gasteiger charge is 2.29. The van der Waals surface area contributed by atoms with Gasteiger partial charge in [0.15, 0.2) is 5.43 Å². The van der Waals surface area contributed by atoms with E-state index in [-0.39, 0.29) is 5.43 Å². The van der Waals surface area contributed by atoms with Gasteiger partial charge < -0.3 is 14.6 Å². The number of benzene rings is 1. The topological polar surface area (TPSA) is 48.6 Å². The van der Waals surface area contributed by atoms with E-state index in [2.05, 4.69) is 14.8 Å². The van der Waals surface area contributed by atoms with Gasteiger partial charge in [0.1, 0.15) is 0 Å². The van der Waals surface area contributed by atoms with Crippen LogP contribution in [0, 0.1) is 5.92 Å². The molecule has 1 aromatic carbocycles. The molecule has 0 unspecified atom stereocenters. The second-order valence-corrected chi connectivity index (χ2v) is 9.95. The Morgan fingerprint density at radius 2 is 1.81 bits per heavy atom. The highest BCUT2D eigenvalue weighted by molar-refractivity contribution is 5.78. The third-order valence-corrected chi connectivity index (χ3v) is 7.68. The number of likely N-dealkylation sites (tertiary alicyclic amines) is 1. The van der Waals surface area contributed by atoms with Crippen LogP contribution in [0.15, 0.2) is 35.1 Å². The molecule has 1 aromatic heterocycles. The standard InChI is InChI=1S/C26H37N3O2/c30-26-16-21(27-25-10-4-3-9-24(25)26)18-28(19-23-8-5-15-31-23)17-20-11-13-29(14-12-20)22-6-1-2-7-22/h3-4,9-10,16,20,22-23H,1-2,5-8,11-15,17-19H2,(H,27,30)/t23-/m0/s1. The first-order valence-electron chi connectivity index (χ1n) is 12.4. The summed E-state index contributed by atoms with van der Waals surface area (Å²) in [5, 5.41) is 0.774. The predicted octanol–water partition coefficient (Wildman–Crippen LogP) is 4.16. The Morgan fingerprint density at radius 1 is 1.00 bits per heavy atom. The summed E-state index contributed by atoms with van der Waals surface area (Å²) in [7, 11) is 0. The number of nitrogens with one attached hydrogen (secondary N) is 1. The highest BCUT2D eigenvalue weighted by atomic mass is 16.5. The van der Waals surface area contributed by atoms with E-state index in [1.165, 1.54) is 58.0 Å². The van der Waals surface area contributed by atoms with Crippen LogP contribution in [0.25, 0.3) is 10.9 Å². The average molecular weight is 424 g/mol. The zero-order chi connectivity index (χ0) is 21.0. The summed E-state index contributed by atoms with van der Waals surface area (Å²) in [4.78, 5) is 21.4. The lowest BCUT2D eigenvalue weighted by atomic mass is 9.94. The number of aromatic nitrogens is 1. The number of rotatable bonds is 7. The minimum atomic E-state index is 0.117. The van der Waals surface area contributed by atoms with Gasteiger partial charge in [0.25, 0.3) is 0 Å². The molecule has 3 fully saturated rings. The van der Waals surface area contributed by atoms with Crippen molar-refractivity contribution < 1.29 is 4.74 Å². The molecular formula is C26H37N3O2. The number of pyridine rings is 1. The molecule has 2 saturated heterocycles. The molecule has 1 N–H and O–H groups in total. The fraction of sp³-hybridized carbons (Fsp3) is 0.654. The predicted molar refractivity (Wildman–Crippen MR) is 125 cm³/mol. The Kier molecular flexibility index (Phi) is 6.72. The Bertz CT molecular complexity index is 906. The van der Waals surface area contributed by atoms with E-state index in [9.17, 15) is 4.79 Å². The number of ether oxygens (including phenoxy) is 1. The van der Waals surface area contributed by atoms with Gasteiger partial charge in [-0.05, 0) is 69.7 Å². The summed E-state index contributed by atoms with van der Waals surface area (Å²) in [6, 6.07) is 10.5. The molecule has 0 radical (unpaired) electrons. The summed E-state index contributed by atoms with van der Waals surface area (Å²) in [6.45, 7) is 6.28. The van der Waals surface area contributed by atoms with Gasteiger partial charge in [0.05, 0.1) is 6.10 Å². The maximum Gasteiger partial charge on any atom is 0.189 e. The van der Waals surface area contributed by atoms with Crippen molar-refractivity contribution in [3.05, 3.63) is 46.2 Å². The van der Waals surface area contributed by atoms with Crippen molar-refractivity contribution in [1.82, 2.24) is 14.8 Å². The molecule has 5 rings (SSSR count). The number of nitrogens with zero attached hydrogens (tertiary/aromatic N) is 2. The molecular weight excluding hydrogens is 386 g/mol. The zero-order valence-corrected chi connectivity index (χ0v) is 18.7. The van der Waals surface area contributed by atoms with Gasteiger partial charge in [-0.2, -0.15) is 0 Å². The molecule has 0 amide bonds. The molecule has 3 aliphatic rings. The van der Waals surface area contributed by atoms with Gasteiger partial charge in [-0.1, -0.05) is 25.0 Å². The van der Waals surface area contributed by atoms with E-state index >= 15 is 0 Å². The highest BCUT2D eigenvalue weighted by Crippen LogP contribution is 2.28. The number of hydrogen-bond donors (Lipinski definition) is 1. The third-order valence-electron chi connectivity index (χ3n) is 7.68. The van der Waals surface area contributed by atoms with Crippen LogP contribution in [0.1, 0.15) is 57.1 Å². The van der Waals surface area contributed by atoms with Crippen molar-refractivity contribution in [2.75, 3.05) is 32.8 Å². The van der Waals surface area contributed by atoms with Crippen LogP contribution in [-0.4, -0.2) is 59.7 Å². The minimum Gasteiger partial charge on any atom is -0.377 e. The molecule has 3 heterocycles. The van der Waals surface area contributed by atoms with Crippen LogP contribution in [0.5, 0.6) is 0 Å². The van der Waals surface area contributed by atoms with E-state index in [1.807, 2.05) is 24.3 Å². The van der Waals surface area contributed by atoms with Crippen molar-refractivity contribution in [3.8, 4) is 0 Å². The first-order valence-corrected chi connectivity index (χ1v) is 12.4. The summed E-state index contributed by atoms with van der Waals surface area (Å²) in [6.07, 6.45) is 10.9. The zero-order valence-electron chi connectivity index (χ0n) is 18.7. The first-order chi connectivity index (χ1) is 15.2. The maximum absolute atomic E-state index is 12.6. The maximum atomic E-state index is 12.6. The number of fused-ring (bicyclic) bond motifs is 1. The van der Waals surface area contributed by atoms with Crippen LogP contribution in [0.4, 0.5) is 0 Å². The van der Waals surface area contributed by atoms with Crippen molar-refractivity contribution in [3.63, 3.8) is 0 Å². The lowest BCUT2D eigenvalue weighted by molar-refractivity contribution is 0.0536. The molecule has 31 heavy (non-hydrogen) atoms. The summed E-state index contributed by atoms with van der Waals surface area (Å²) in [5.74, 6) is 0.742. The second kappa shape index (κ2) is 9.85. The van der Waals surface area contributed by atoms with Crippen LogP contribution in [0.3, 0.4) is 0 Å². The normalized spacial score (nSPS) is 24.0. The van der Waals surface area contributed by atoms with Crippen LogP contribution in [-0.2, 0) is 11.3 Å². The fourth-order valence-corrected chi connectivity index (χ4v) is 5.99. The van der Waals surface area contributed by atoms with Gasteiger partial charge in [-0.15, -0.1) is 0 Å². The second-order valence-electron chi connectivity index (χ2n) is 9.95. The molecule has 0 spiro atoms. The SMILES string of the molecule is O=c1cc(CN(CC2CCN(C3CCCC3)CC2)C[C@@H]2CCCO2)[nH]c2ccccc12. The third kappa shape index (κ3) is 5.21. The molecule has 1 atom stereocenters. The number of piperidine rings is 1. The lowest BCUT2D eigenvalue weighted by Gasteiger charge is -2.38. The van der Waals surface area contributed by atoms with Crippen molar-refractivity contribution in [2.24, 2.45) is 5.92 Å². The van der Waals surface area contributed by atoms with Gasteiger partial charge >= 0.3 is 0 Å². The number of para-hydroxylation sites is 1. The smallest absolute Gasteiger partial charge is 0.189 e. The van der Waals surface area contributed by atoms with Gasteiger partial charge in [-0.25, -0.2) is 0 Å². The van der Waals surface area contributed by atoms with Gasteiger partial charge in [-0.3, -0.25) is 9.69 Å². The molecule has 5 heteroatoms. The van der Waals surface area contributed by atoms with E-state index in [0.717, 1.165) is 61.2 Å². The molecule has 5 nitrogen and oxygen atoms in total.